The third-order valence-electron chi connectivity index (χ3n) is 3.24. The largest absolute Gasteiger partial charge is 0.339 e. The standard InChI is InChI=1S/C11H20N4O2S/c1-3-15(10-5-4-6-12-7-10)18(16,17)11-8-14(2)9-13-11/h8-10,12H,3-7H2,1-2H3. The normalized spacial score (nSPS) is 21.4. The minimum Gasteiger partial charge on any atom is -0.339 e. The first-order chi connectivity index (χ1) is 8.55. The second-order valence-electron chi connectivity index (χ2n) is 4.59. The molecule has 0 saturated carbocycles. The van der Waals surface area contributed by atoms with Crippen molar-refractivity contribution in [1.82, 2.24) is 19.2 Å². The molecule has 1 aromatic rings. The summed E-state index contributed by atoms with van der Waals surface area (Å²) in [6.07, 6.45) is 4.99. The maximum atomic E-state index is 12.5. The van der Waals surface area contributed by atoms with E-state index in [1.54, 1.807) is 22.1 Å². The Kier molecular flexibility index (Phi) is 4.04. The lowest BCUT2D eigenvalue weighted by atomic mass is 10.1. The number of hydrogen-bond acceptors (Lipinski definition) is 4. The van der Waals surface area contributed by atoms with E-state index >= 15 is 0 Å². The molecule has 1 aliphatic heterocycles. The first kappa shape index (κ1) is 13.5. The van der Waals surface area contributed by atoms with Crippen LogP contribution in [0.4, 0.5) is 0 Å². The van der Waals surface area contributed by atoms with Gasteiger partial charge in [0.05, 0.1) is 6.33 Å². The van der Waals surface area contributed by atoms with Crippen molar-refractivity contribution in [2.75, 3.05) is 19.6 Å². The number of aromatic nitrogens is 2. The summed E-state index contributed by atoms with van der Waals surface area (Å²) in [5.41, 5.74) is 0. The Morgan fingerprint density at radius 3 is 2.89 bits per heavy atom. The van der Waals surface area contributed by atoms with Crippen LogP contribution in [0.3, 0.4) is 0 Å². The summed E-state index contributed by atoms with van der Waals surface area (Å²) in [4.78, 5) is 3.96. The van der Waals surface area contributed by atoms with Gasteiger partial charge in [0.25, 0.3) is 10.0 Å². The molecule has 1 unspecified atom stereocenters. The highest BCUT2D eigenvalue weighted by Gasteiger charge is 2.32. The average molecular weight is 272 g/mol. The second-order valence-corrected chi connectivity index (χ2v) is 6.42. The fourth-order valence-corrected chi connectivity index (χ4v) is 3.98. The molecule has 1 fully saturated rings. The molecule has 0 spiro atoms. The van der Waals surface area contributed by atoms with Crippen LogP contribution >= 0.6 is 0 Å². The molecule has 1 aromatic heterocycles. The van der Waals surface area contributed by atoms with Crippen LogP contribution < -0.4 is 5.32 Å². The number of rotatable bonds is 4. The van der Waals surface area contributed by atoms with Crippen LogP contribution in [0.25, 0.3) is 0 Å². The van der Waals surface area contributed by atoms with Gasteiger partial charge >= 0.3 is 0 Å². The minimum atomic E-state index is -3.47. The Labute approximate surface area is 108 Å². The fourth-order valence-electron chi connectivity index (χ4n) is 2.35. The molecule has 2 heterocycles. The predicted molar refractivity (Wildman–Crippen MR) is 68.7 cm³/mol. The topological polar surface area (TPSA) is 67.2 Å². The van der Waals surface area contributed by atoms with Gasteiger partial charge in [0.15, 0.2) is 5.03 Å². The van der Waals surface area contributed by atoms with Crippen molar-refractivity contribution in [1.29, 1.82) is 0 Å². The van der Waals surface area contributed by atoms with Crippen molar-refractivity contribution in [3.63, 3.8) is 0 Å². The molecule has 1 atom stereocenters. The lowest BCUT2D eigenvalue weighted by Gasteiger charge is -2.32. The van der Waals surface area contributed by atoms with Gasteiger partial charge < -0.3 is 9.88 Å². The Morgan fingerprint density at radius 1 is 1.61 bits per heavy atom. The van der Waals surface area contributed by atoms with Gasteiger partial charge in [-0.25, -0.2) is 13.4 Å². The highest BCUT2D eigenvalue weighted by Crippen LogP contribution is 2.19. The summed E-state index contributed by atoms with van der Waals surface area (Å²) in [5, 5.41) is 3.38. The maximum absolute atomic E-state index is 12.5. The summed E-state index contributed by atoms with van der Waals surface area (Å²) in [7, 11) is -1.70. The molecule has 0 aliphatic carbocycles. The molecule has 0 aromatic carbocycles. The number of piperidine rings is 1. The zero-order valence-electron chi connectivity index (χ0n) is 10.8. The second kappa shape index (κ2) is 5.38. The molecule has 6 nitrogen and oxygen atoms in total. The van der Waals surface area contributed by atoms with Crippen molar-refractivity contribution in [2.24, 2.45) is 7.05 Å². The molecular formula is C11H20N4O2S. The number of hydrogen-bond donors (Lipinski definition) is 1. The molecule has 0 radical (unpaired) electrons. The van der Waals surface area contributed by atoms with Gasteiger partial charge in [0.2, 0.25) is 0 Å². The fraction of sp³-hybridized carbons (Fsp3) is 0.727. The zero-order valence-corrected chi connectivity index (χ0v) is 11.7. The Hall–Kier alpha value is -0.920. The van der Waals surface area contributed by atoms with Crippen LogP contribution in [0.1, 0.15) is 19.8 Å². The predicted octanol–water partition coefficient (Wildman–Crippen LogP) is 0.183. The molecule has 1 saturated heterocycles. The van der Waals surface area contributed by atoms with E-state index in [4.69, 9.17) is 0 Å². The highest BCUT2D eigenvalue weighted by atomic mass is 32.2. The maximum Gasteiger partial charge on any atom is 0.262 e. The molecule has 1 N–H and O–H groups in total. The Bertz CT molecular complexity index is 491. The van der Waals surface area contributed by atoms with Crippen molar-refractivity contribution in [3.05, 3.63) is 12.5 Å². The molecule has 0 bridgehead atoms. The van der Waals surface area contributed by atoms with Gasteiger partial charge in [0, 0.05) is 32.4 Å². The SMILES string of the molecule is CCN(C1CCCNC1)S(=O)(=O)c1cn(C)cn1. The van der Waals surface area contributed by atoms with Gasteiger partial charge in [-0.1, -0.05) is 6.92 Å². The molecule has 2 rings (SSSR count). The molecule has 7 heteroatoms. The van der Waals surface area contributed by atoms with E-state index in [0.717, 1.165) is 25.9 Å². The van der Waals surface area contributed by atoms with Crippen LogP contribution in [-0.4, -0.2) is 48.0 Å². The molecular weight excluding hydrogens is 252 g/mol. The lowest BCUT2D eigenvalue weighted by Crippen LogP contribution is -2.48. The van der Waals surface area contributed by atoms with E-state index in [-0.39, 0.29) is 11.1 Å². The zero-order chi connectivity index (χ0) is 13.2. The van der Waals surface area contributed by atoms with Crippen LogP contribution in [0.2, 0.25) is 0 Å². The molecule has 102 valence electrons. The third kappa shape index (κ3) is 2.57. The van der Waals surface area contributed by atoms with E-state index in [2.05, 4.69) is 10.3 Å². The lowest BCUT2D eigenvalue weighted by molar-refractivity contribution is 0.274. The van der Waals surface area contributed by atoms with Crippen LogP contribution in [0.5, 0.6) is 0 Å². The van der Waals surface area contributed by atoms with E-state index in [1.165, 1.54) is 6.33 Å². The number of aryl methyl sites for hydroxylation is 1. The van der Waals surface area contributed by atoms with E-state index in [1.807, 2.05) is 6.92 Å². The van der Waals surface area contributed by atoms with Crippen molar-refractivity contribution < 1.29 is 8.42 Å². The Morgan fingerprint density at radius 2 is 2.39 bits per heavy atom. The van der Waals surface area contributed by atoms with Crippen molar-refractivity contribution in [2.45, 2.75) is 30.8 Å². The summed E-state index contributed by atoms with van der Waals surface area (Å²) >= 11 is 0. The third-order valence-corrected chi connectivity index (χ3v) is 5.16. The van der Waals surface area contributed by atoms with Gasteiger partial charge in [-0.3, -0.25) is 0 Å². The molecule has 1 aliphatic rings. The number of likely N-dealkylation sites (N-methyl/N-ethyl adjacent to an activating group) is 1. The van der Waals surface area contributed by atoms with Crippen molar-refractivity contribution >= 4 is 10.0 Å². The van der Waals surface area contributed by atoms with Gasteiger partial charge in [0.1, 0.15) is 0 Å². The average Bonchev–Trinajstić information content (AvgIpc) is 2.78. The first-order valence-corrected chi connectivity index (χ1v) is 7.70. The van der Waals surface area contributed by atoms with E-state index in [9.17, 15) is 8.42 Å². The molecule has 18 heavy (non-hydrogen) atoms. The summed E-state index contributed by atoms with van der Waals surface area (Å²) in [6.45, 7) is 4.04. The van der Waals surface area contributed by atoms with Crippen LogP contribution in [-0.2, 0) is 17.1 Å². The minimum absolute atomic E-state index is 0.0377. The summed E-state index contributed by atoms with van der Waals surface area (Å²) in [6, 6.07) is 0.0377. The van der Waals surface area contributed by atoms with Crippen LogP contribution in [0, 0.1) is 0 Å². The summed E-state index contributed by atoms with van der Waals surface area (Å²) in [5.74, 6) is 0. The van der Waals surface area contributed by atoms with E-state index < -0.39 is 10.0 Å². The first-order valence-electron chi connectivity index (χ1n) is 6.26. The summed E-state index contributed by atoms with van der Waals surface area (Å²) < 4.78 is 28.2. The number of nitrogens with one attached hydrogen (secondary N) is 1. The Balaban J connectivity index is 2.25. The highest BCUT2D eigenvalue weighted by molar-refractivity contribution is 7.89. The number of nitrogens with zero attached hydrogens (tertiary/aromatic N) is 3. The monoisotopic (exact) mass is 272 g/mol. The van der Waals surface area contributed by atoms with Gasteiger partial charge in [-0.15, -0.1) is 0 Å². The number of sulfonamides is 1. The van der Waals surface area contributed by atoms with E-state index in [0.29, 0.717) is 6.54 Å². The number of imidazole rings is 1. The smallest absolute Gasteiger partial charge is 0.262 e. The van der Waals surface area contributed by atoms with Gasteiger partial charge in [-0.2, -0.15) is 4.31 Å². The van der Waals surface area contributed by atoms with Gasteiger partial charge in [-0.05, 0) is 19.4 Å². The molecule has 0 amide bonds. The quantitative estimate of drug-likeness (QED) is 0.849. The van der Waals surface area contributed by atoms with Crippen LogP contribution in [0.15, 0.2) is 17.6 Å². The van der Waals surface area contributed by atoms with Crippen molar-refractivity contribution in [3.8, 4) is 0 Å².